The lowest BCUT2D eigenvalue weighted by Gasteiger charge is -2.13. The SMILES string of the molecule is COc1ccc(CCNC(N)=NCCCN2CCCC2)cc1OC.I. The maximum absolute atomic E-state index is 5.91. The molecule has 1 aromatic carbocycles. The predicted octanol–water partition coefficient (Wildman–Crippen LogP) is 2.25. The van der Waals surface area contributed by atoms with Gasteiger partial charge in [-0.15, -0.1) is 24.0 Å². The highest BCUT2D eigenvalue weighted by atomic mass is 127. The lowest BCUT2D eigenvalue weighted by molar-refractivity contribution is 0.336. The molecule has 1 aliphatic heterocycles. The van der Waals surface area contributed by atoms with E-state index in [-0.39, 0.29) is 24.0 Å². The molecule has 2 rings (SSSR count). The summed E-state index contributed by atoms with van der Waals surface area (Å²) in [6.07, 6.45) is 4.59. The van der Waals surface area contributed by atoms with E-state index in [0.717, 1.165) is 44.0 Å². The van der Waals surface area contributed by atoms with E-state index < -0.39 is 0 Å². The van der Waals surface area contributed by atoms with Crippen LogP contribution in [0.3, 0.4) is 0 Å². The Labute approximate surface area is 168 Å². The van der Waals surface area contributed by atoms with Crippen molar-refractivity contribution < 1.29 is 9.47 Å². The van der Waals surface area contributed by atoms with E-state index in [0.29, 0.717) is 5.96 Å². The van der Waals surface area contributed by atoms with Crippen LogP contribution >= 0.6 is 24.0 Å². The summed E-state index contributed by atoms with van der Waals surface area (Å²) >= 11 is 0. The van der Waals surface area contributed by atoms with Crippen molar-refractivity contribution in [1.82, 2.24) is 10.2 Å². The summed E-state index contributed by atoms with van der Waals surface area (Å²) in [7, 11) is 3.28. The molecule has 0 radical (unpaired) electrons. The third-order valence-corrected chi connectivity index (χ3v) is 4.28. The molecular formula is C18H31IN4O2. The molecule has 3 N–H and O–H groups in total. The number of likely N-dealkylation sites (tertiary alicyclic amines) is 1. The smallest absolute Gasteiger partial charge is 0.188 e. The molecule has 0 atom stereocenters. The standard InChI is InChI=1S/C18H30N4O2.HI/c1-23-16-7-6-15(14-17(16)24-2)8-10-21-18(19)20-9-5-13-22-11-3-4-12-22;/h6-7,14H,3-5,8-13H2,1-2H3,(H3,19,20,21);1H. The van der Waals surface area contributed by atoms with Crippen molar-refractivity contribution in [2.45, 2.75) is 25.7 Å². The van der Waals surface area contributed by atoms with Crippen LogP contribution in [0.1, 0.15) is 24.8 Å². The molecule has 0 unspecified atom stereocenters. The van der Waals surface area contributed by atoms with Crippen LogP contribution in [-0.4, -0.2) is 57.8 Å². The van der Waals surface area contributed by atoms with Crippen molar-refractivity contribution in [2.75, 3.05) is 46.9 Å². The number of benzene rings is 1. The van der Waals surface area contributed by atoms with Crippen molar-refractivity contribution in [1.29, 1.82) is 0 Å². The first-order valence-electron chi connectivity index (χ1n) is 8.70. The number of halogens is 1. The molecule has 7 heteroatoms. The fourth-order valence-corrected chi connectivity index (χ4v) is 2.93. The van der Waals surface area contributed by atoms with Crippen LogP contribution in [-0.2, 0) is 6.42 Å². The predicted molar refractivity (Wildman–Crippen MR) is 113 cm³/mol. The first kappa shape index (κ1) is 21.8. The van der Waals surface area contributed by atoms with E-state index in [4.69, 9.17) is 15.2 Å². The number of nitrogens with one attached hydrogen (secondary N) is 1. The monoisotopic (exact) mass is 462 g/mol. The molecule has 0 amide bonds. The molecule has 1 aliphatic rings. The molecule has 1 heterocycles. The number of nitrogens with zero attached hydrogens (tertiary/aromatic N) is 2. The Morgan fingerprint density at radius 1 is 1.20 bits per heavy atom. The summed E-state index contributed by atoms with van der Waals surface area (Å²) in [6.45, 7) is 5.14. The first-order chi connectivity index (χ1) is 11.7. The van der Waals surface area contributed by atoms with Gasteiger partial charge in [-0.2, -0.15) is 0 Å². The van der Waals surface area contributed by atoms with Gasteiger partial charge in [0.05, 0.1) is 14.2 Å². The number of guanidine groups is 1. The zero-order valence-corrected chi connectivity index (χ0v) is 17.6. The first-order valence-corrected chi connectivity index (χ1v) is 8.70. The summed E-state index contributed by atoms with van der Waals surface area (Å²) in [4.78, 5) is 6.89. The van der Waals surface area contributed by atoms with Crippen LogP contribution < -0.4 is 20.5 Å². The maximum atomic E-state index is 5.91. The van der Waals surface area contributed by atoms with Gasteiger partial charge in [0.2, 0.25) is 0 Å². The molecule has 0 aromatic heterocycles. The zero-order chi connectivity index (χ0) is 17.2. The van der Waals surface area contributed by atoms with E-state index in [1.165, 1.54) is 31.5 Å². The van der Waals surface area contributed by atoms with Gasteiger partial charge in [-0.25, -0.2) is 0 Å². The molecule has 142 valence electrons. The van der Waals surface area contributed by atoms with Gasteiger partial charge in [-0.1, -0.05) is 6.07 Å². The third-order valence-electron chi connectivity index (χ3n) is 4.28. The van der Waals surface area contributed by atoms with Gasteiger partial charge >= 0.3 is 0 Å². The van der Waals surface area contributed by atoms with E-state index >= 15 is 0 Å². The fraction of sp³-hybridized carbons (Fsp3) is 0.611. The highest BCUT2D eigenvalue weighted by molar-refractivity contribution is 14.0. The van der Waals surface area contributed by atoms with Gasteiger partial charge in [-0.05, 0) is 63.0 Å². The molecule has 25 heavy (non-hydrogen) atoms. The quantitative estimate of drug-likeness (QED) is 0.255. The lowest BCUT2D eigenvalue weighted by Crippen LogP contribution is -2.33. The number of rotatable bonds is 9. The Hall–Kier alpha value is -1.22. The van der Waals surface area contributed by atoms with Crippen molar-refractivity contribution >= 4 is 29.9 Å². The highest BCUT2D eigenvalue weighted by Gasteiger charge is 2.09. The lowest BCUT2D eigenvalue weighted by atomic mass is 10.1. The van der Waals surface area contributed by atoms with Crippen LogP contribution in [0.4, 0.5) is 0 Å². The summed E-state index contributed by atoms with van der Waals surface area (Å²) in [5.74, 6) is 2.02. The van der Waals surface area contributed by atoms with Crippen LogP contribution in [0.5, 0.6) is 11.5 Å². The molecule has 1 saturated heterocycles. The van der Waals surface area contributed by atoms with Gasteiger partial charge in [0.1, 0.15) is 0 Å². The second-order valence-electron chi connectivity index (χ2n) is 6.04. The summed E-state index contributed by atoms with van der Waals surface area (Å²) in [5, 5.41) is 3.17. The second-order valence-corrected chi connectivity index (χ2v) is 6.04. The summed E-state index contributed by atoms with van der Waals surface area (Å²) in [5.41, 5.74) is 7.08. The van der Waals surface area contributed by atoms with Crippen LogP contribution in [0.15, 0.2) is 23.2 Å². The van der Waals surface area contributed by atoms with Crippen LogP contribution in [0, 0.1) is 0 Å². The molecule has 0 spiro atoms. The Balaban J connectivity index is 0.00000312. The minimum absolute atomic E-state index is 0. The molecule has 1 fully saturated rings. The Morgan fingerprint density at radius 3 is 2.60 bits per heavy atom. The molecule has 0 aliphatic carbocycles. The number of aliphatic imine (C=N–C) groups is 1. The minimum Gasteiger partial charge on any atom is -0.493 e. The fourth-order valence-electron chi connectivity index (χ4n) is 2.93. The van der Waals surface area contributed by atoms with Crippen LogP contribution in [0.2, 0.25) is 0 Å². The number of methoxy groups -OCH3 is 2. The van der Waals surface area contributed by atoms with Crippen molar-refractivity contribution in [2.24, 2.45) is 10.7 Å². The van der Waals surface area contributed by atoms with Gasteiger partial charge in [0.15, 0.2) is 17.5 Å². The second kappa shape index (κ2) is 12.2. The average molecular weight is 462 g/mol. The van der Waals surface area contributed by atoms with E-state index in [1.807, 2.05) is 18.2 Å². The van der Waals surface area contributed by atoms with Gasteiger partial charge in [0.25, 0.3) is 0 Å². The number of nitrogens with two attached hydrogens (primary N) is 1. The number of ether oxygens (including phenoxy) is 2. The number of hydrogen-bond acceptors (Lipinski definition) is 4. The Morgan fingerprint density at radius 2 is 1.92 bits per heavy atom. The Bertz CT molecular complexity index is 534. The van der Waals surface area contributed by atoms with Crippen molar-refractivity contribution in [3.8, 4) is 11.5 Å². The summed E-state index contributed by atoms with van der Waals surface area (Å²) in [6, 6.07) is 5.94. The molecule has 1 aromatic rings. The normalized spacial score (nSPS) is 14.9. The molecular weight excluding hydrogens is 431 g/mol. The zero-order valence-electron chi connectivity index (χ0n) is 15.3. The third kappa shape index (κ3) is 7.68. The van der Waals surface area contributed by atoms with E-state index in [2.05, 4.69) is 15.2 Å². The number of hydrogen-bond donors (Lipinski definition) is 2. The Kier molecular flexibility index (Phi) is 10.6. The maximum Gasteiger partial charge on any atom is 0.188 e. The minimum atomic E-state index is 0. The van der Waals surface area contributed by atoms with Crippen molar-refractivity contribution in [3.05, 3.63) is 23.8 Å². The van der Waals surface area contributed by atoms with Crippen molar-refractivity contribution in [3.63, 3.8) is 0 Å². The summed E-state index contributed by atoms with van der Waals surface area (Å²) < 4.78 is 10.6. The highest BCUT2D eigenvalue weighted by Crippen LogP contribution is 2.27. The molecule has 0 saturated carbocycles. The largest absolute Gasteiger partial charge is 0.493 e. The van der Waals surface area contributed by atoms with Gasteiger partial charge < -0.3 is 25.4 Å². The van der Waals surface area contributed by atoms with Gasteiger partial charge in [0, 0.05) is 13.1 Å². The van der Waals surface area contributed by atoms with Gasteiger partial charge in [-0.3, -0.25) is 4.99 Å². The van der Waals surface area contributed by atoms with E-state index in [9.17, 15) is 0 Å². The van der Waals surface area contributed by atoms with Crippen LogP contribution in [0.25, 0.3) is 0 Å². The molecule has 0 bridgehead atoms. The molecule has 6 nitrogen and oxygen atoms in total. The van der Waals surface area contributed by atoms with E-state index in [1.54, 1.807) is 14.2 Å². The topological polar surface area (TPSA) is 72.1 Å². The average Bonchev–Trinajstić information content (AvgIpc) is 3.12.